The van der Waals surface area contributed by atoms with E-state index >= 15 is 0 Å². The summed E-state index contributed by atoms with van der Waals surface area (Å²) in [4.78, 5) is 36.7. The van der Waals surface area contributed by atoms with Crippen LogP contribution < -0.4 is 20.9 Å². The van der Waals surface area contributed by atoms with Crippen molar-refractivity contribution >= 4 is 34.8 Å². The monoisotopic (exact) mass is 451 g/mol. The van der Waals surface area contributed by atoms with Crippen LogP contribution in [0.1, 0.15) is 5.56 Å². The smallest absolute Gasteiger partial charge is 0.326 e. The molecule has 3 aromatic rings. The van der Waals surface area contributed by atoms with Gasteiger partial charge in [0.05, 0.1) is 4.92 Å². The molecular weight excluding hydrogens is 429 g/mol. The standard InChI is InChI=1S/C23H22FN5O4/c1-16-3-2-4-19(15-16)26-22(30)25-13-14-28(20-9-5-17(24)6-10-20)23(31)27-18-7-11-21(12-8-18)29(32)33/h2-12,15H,13-14H2,1H3,(H,27,31)(H2,25,26,30). The van der Waals surface area contributed by atoms with Crippen LogP contribution in [0.4, 0.5) is 36.7 Å². The first kappa shape index (κ1) is 23.2. The molecule has 0 aromatic heterocycles. The van der Waals surface area contributed by atoms with Crippen molar-refractivity contribution in [3.63, 3.8) is 0 Å². The molecule has 0 spiro atoms. The number of carbonyl (C=O) groups is 2. The van der Waals surface area contributed by atoms with Gasteiger partial charge in [-0.3, -0.25) is 15.0 Å². The maximum Gasteiger partial charge on any atom is 0.326 e. The van der Waals surface area contributed by atoms with Gasteiger partial charge in [0.25, 0.3) is 5.69 Å². The number of nitrogens with zero attached hydrogens (tertiary/aromatic N) is 2. The molecule has 0 fully saturated rings. The van der Waals surface area contributed by atoms with E-state index in [2.05, 4.69) is 16.0 Å². The number of non-ortho nitro benzene ring substituents is 1. The molecule has 0 unspecified atom stereocenters. The molecule has 9 nitrogen and oxygen atoms in total. The maximum atomic E-state index is 13.4. The number of nitro benzene ring substituents is 1. The average molecular weight is 451 g/mol. The van der Waals surface area contributed by atoms with E-state index in [1.54, 1.807) is 6.07 Å². The summed E-state index contributed by atoms with van der Waals surface area (Å²) < 4.78 is 13.4. The first-order chi connectivity index (χ1) is 15.8. The lowest BCUT2D eigenvalue weighted by Gasteiger charge is -2.23. The lowest BCUT2D eigenvalue weighted by atomic mass is 10.2. The molecule has 0 aliphatic rings. The van der Waals surface area contributed by atoms with Crippen molar-refractivity contribution in [2.45, 2.75) is 6.92 Å². The molecule has 0 saturated heterocycles. The first-order valence-electron chi connectivity index (χ1n) is 10.0. The van der Waals surface area contributed by atoms with Crippen LogP contribution in [0.3, 0.4) is 0 Å². The predicted molar refractivity (Wildman–Crippen MR) is 124 cm³/mol. The van der Waals surface area contributed by atoms with E-state index in [1.807, 2.05) is 25.1 Å². The Balaban J connectivity index is 1.65. The molecule has 0 saturated carbocycles. The molecule has 0 aliphatic heterocycles. The van der Waals surface area contributed by atoms with E-state index < -0.39 is 22.8 Å². The number of nitrogens with one attached hydrogen (secondary N) is 3. The number of carbonyl (C=O) groups excluding carboxylic acids is 2. The fourth-order valence-electron chi connectivity index (χ4n) is 3.01. The summed E-state index contributed by atoms with van der Waals surface area (Å²) in [6, 6.07) is 17.0. The van der Waals surface area contributed by atoms with Crippen LogP contribution in [0.5, 0.6) is 0 Å². The lowest BCUT2D eigenvalue weighted by Crippen LogP contribution is -2.42. The van der Waals surface area contributed by atoms with Gasteiger partial charge in [-0.15, -0.1) is 0 Å². The van der Waals surface area contributed by atoms with Crippen molar-refractivity contribution in [3.05, 3.63) is 94.3 Å². The van der Waals surface area contributed by atoms with E-state index in [1.165, 1.54) is 53.4 Å². The van der Waals surface area contributed by atoms with Gasteiger partial charge in [0.1, 0.15) is 5.82 Å². The molecule has 0 heterocycles. The fraction of sp³-hybridized carbons (Fsp3) is 0.130. The number of hydrogen-bond acceptors (Lipinski definition) is 4. The van der Waals surface area contributed by atoms with Crippen molar-refractivity contribution in [3.8, 4) is 0 Å². The minimum atomic E-state index is -0.545. The summed E-state index contributed by atoms with van der Waals surface area (Å²) in [6.45, 7) is 2.11. The van der Waals surface area contributed by atoms with Crippen LogP contribution in [0, 0.1) is 22.9 Å². The van der Waals surface area contributed by atoms with Gasteiger partial charge >= 0.3 is 12.1 Å². The van der Waals surface area contributed by atoms with Crippen LogP contribution in [0.25, 0.3) is 0 Å². The SMILES string of the molecule is Cc1cccc(NC(=O)NCCN(C(=O)Nc2ccc([N+](=O)[O-])cc2)c2ccc(F)cc2)c1. The second-order valence-electron chi connectivity index (χ2n) is 7.11. The molecule has 0 aliphatic carbocycles. The molecule has 3 rings (SSSR count). The fourth-order valence-corrected chi connectivity index (χ4v) is 3.01. The summed E-state index contributed by atoms with van der Waals surface area (Å²) >= 11 is 0. The van der Waals surface area contributed by atoms with Gasteiger partial charge in [0.15, 0.2) is 0 Å². The summed E-state index contributed by atoms with van der Waals surface area (Å²) in [5.41, 5.74) is 2.30. The topological polar surface area (TPSA) is 117 Å². The normalized spacial score (nSPS) is 10.2. The third-order valence-corrected chi connectivity index (χ3v) is 4.61. The molecule has 4 amide bonds. The van der Waals surface area contributed by atoms with Gasteiger partial charge in [0, 0.05) is 42.3 Å². The van der Waals surface area contributed by atoms with Crippen LogP contribution in [0.15, 0.2) is 72.8 Å². The molecule has 0 radical (unpaired) electrons. The number of aryl methyl sites for hydroxylation is 1. The Bertz CT molecular complexity index is 1140. The summed E-state index contributed by atoms with van der Waals surface area (Å²) in [5.74, 6) is -0.454. The quantitative estimate of drug-likeness (QED) is 0.350. The Morgan fingerprint density at radius 3 is 2.30 bits per heavy atom. The van der Waals surface area contributed by atoms with Gasteiger partial charge in [-0.1, -0.05) is 12.1 Å². The Morgan fingerprint density at radius 1 is 0.970 bits per heavy atom. The largest absolute Gasteiger partial charge is 0.336 e. The highest BCUT2D eigenvalue weighted by molar-refractivity contribution is 6.01. The van der Waals surface area contributed by atoms with Crippen molar-refractivity contribution in [2.75, 3.05) is 28.6 Å². The molecule has 3 N–H and O–H groups in total. The van der Waals surface area contributed by atoms with Crippen LogP contribution in [-0.2, 0) is 0 Å². The van der Waals surface area contributed by atoms with E-state index in [4.69, 9.17) is 0 Å². The zero-order valence-electron chi connectivity index (χ0n) is 17.7. The second-order valence-corrected chi connectivity index (χ2v) is 7.11. The highest BCUT2D eigenvalue weighted by Crippen LogP contribution is 2.19. The molecular formula is C23H22FN5O4. The van der Waals surface area contributed by atoms with Crippen LogP contribution >= 0.6 is 0 Å². The van der Waals surface area contributed by atoms with Crippen molar-refractivity contribution in [2.24, 2.45) is 0 Å². The third kappa shape index (κ3) is 6.76. The van der Waals surface area contributed by atoms with Gasteiger partial charge in [-0.05, 0) is 61.0 Å². The zero-order valence-corrected chi connectivity index (χ0v) is 17.7. The Morgan fingerprint density at radius 2 is 1.67 bits per heavy atom. The number of anilines is 3. The highest BCUT2D eigenvalue weighted by Gasteiger charge is 2.17. The van der Waals surface area contributed by atoms with E-state index in [0.29, 0.717) is 17.1 Å². The number of hydrogen-bond donors (Lipinski definition) is 3. The molecule has 33 heavy (non-hydrogen) atoms. The molecule has 3 aromatic carbocycles. The average Bonchev–Trinajstić information content (AvgIpc) is 2.78. The highest BCUT2D eigenvalue weighted by atomic mass is 19.1. The summed E-state index contributed by atoms with van der Waals surface area (Å²) in [7, 11) is 0. The molecule has 0 bridgehead atoms. The van der Waals surface area contributed by atoms with Crippen LogP contribution in [-0.4, -0.2) is 30.1 Å². The number of urea groups is 2. The van der Waals surface area contributed by atoms with E-state index in [0.717, 1.165) is 5.56 Å². The van der Waals surface area contributed by atoms with Crippen molar-refractivity contribution in [1.82, 2.24) is 5.32 Å². The second kappa shape index (κ2) is 10.7. The summed E-state index contributed by atoms with van der Waals surface area (Å²) in [6.07, 6.45) is 0. The number of rotatable bonds is 7. The number of halogens is 1. The predicted octanol–water partition coefficient (Wildman–Crippen LogP) is 4.90. The van der Waals surface area contributed by atoms with Gasteiger partial charge in [-0.25, -0.2) is 14.0 Å². The van der Waals surface area contributed by atoms with Gasteiger partial charge in [-0.2, -0.15) is 0 Å². The Kier molecular flexibility index (Phi) is 7.53. The summed E-state index contributed by atoms with van der Waals surface area (Å²) in [5, 5.41) is 18.8. The first-order valence-corrected chi connectivity index (χ1v) is 10.0. The lowest BCUT2D eigenvalue weighted by molar-refractivity contribution is -0.384. The number of amides is 4. The maximum absolute atomic E-state index is 13.4. The Hall–Kier alpha value is -4.47. The minimum Gasteiger partial charge on any atom is -0.336 e. The molecule has 10 heteroatoms. The van der Waals surface area contributed by atoms with E-state index in [9.17, 15) is 24.1 Å². The van der Waals surface area contributed by atoms with E-state index in [-0.39, 0.29) is 18.8 Å². The van der Waals surface area contributed by atoms with Gasteiger partial charge < -0.3 is 16.0 Å². The Labute approximate surface area is 189 Å². The molecule has 0 atom stereocenters. The molecule has 170 valence electrons. The minimum absolute atomic E-state index is 0.0890. The van der Waals surface area contributed by atoms with Gasteiger partial charge in [0.2, 0.25) is 0 Å². The number of nitro groups is 1. The van der Waals surface area contributed by atoms with Crippen molar-refractivity contribution < 1.29 is 18.9 Å². The van der Waals surface area contributed by atoms with Crippen LogP contribution in [0.2, 0.25) is 0 Å². The van der Waals surface area contributed by atoms with Crippen molar-refractivity contribution in [1.29, 1.82) is 0 Å². The number of benzene rings is 3. The zero-order chi connectivity index (χ0) is 23.8. The third-order valence-electron chi connectivity index (χ3n) is 4.61.